The summed E-state index contributed by atoms with van der Waals surface area (Å²) < 4.78 is 5.40. The number of methoxy groups -OCH3 is 1. The molecule has 0 atom stereocenters. The van der Waals surface area contributed by atoms with Gasteiger partial charge >= 0.3 is 0 Å². The number of aliphatic hydroxyl groups excluding tert-OH is 1. The molecule has 0 aliphatic heterocycles. The second kappa shape index (κ2) is 6.84. The van der Waals surface area contributed by atoms with Gasteiger partial charge < -0.3 is 14.7 Å². The molecule has 4 nitrogen and oxygen atoms in total. The van der Waals surface area contributed by atoms with Crippen molar-refractivity contribution >= 4 is 5.91 Å². The van der Waals surface area contributed by atoms with Gasteiger partial charge in [0, 0.05) is 23.7 Å². The number of ether oxygens (including phenoxy) is 1. The van der Waals surface area contributed by atoms with Crippen LogP contribution in [-0.2, 0) is 13.2 Å². The van der Waals surface area contributed by atoms with Crippen LogP contribution >= 0.6 is 0 Å². The Kier molecular flexibility index (Phi) is 4.63. The summed E-state index contributed by atoms with van der Waals surface area (Å²) in [6.07, 6.45) is 2.10. The number of amides is 1. The Bertz CT molecular complexity index is 677. The van der Waals surface area contributed by atoms with E-state index in [1.54, 1.807) is 31.4 Å². The fourth-order valence-corrected chi connectivity index (χ4v) is 2.69. The zero-order chi connectivity index (χ0) is 16.2. The highest BCUT2D eigenvalue weighted by Gasteiger charge is 2.33. The van der Waals surface area contributed by atoms with E-state index in [1.165, 1.54) is 0 Å². The van der Waals surface area contributed by atoms with Crippen molar-refractivity contribution in [2.24, 2.45) is 0 Å². The fraction of sp³-hybridized carbons (Fsp3) is 0.316. The van der Waals surface area contributed by atoms with E-state index >= 15 is 0 Å². The molecule has 2 aromatic carbocycles. The Hall–Kier alpha value is -2.33. The van der Waals surface area contributed by atoms with Crippen LogP contribution < -0.4 is 4.74 Å². The summed E-state index contributed by atoms with van der Waals surface area (Å²) >= 11 is 0. The summed E-state index contributed by atoms with van der Waals surface area (Å²) in [5, 5.41) is 9.12. The van der Waals surface area contributed by atoms with Crippen molar-refractivity contribution in [1.82, 2.24) is 4.90 Å². The Labute approximate surface area is 136 Å². The van der Waals surface area contributed by atoms with Gasteiger partial charge in [0.1, 0.15) is 5.75 Å². The Balaban J connectivity index is 1.82. The normalized spacial score (nSPS) is 13.7. The lowest BCUT2D eigenvalue weighted by Crippen LogP contribution is -2.32. The van der Waals surface area contributed by atoms with Crippen LogP contribution in [0.4, 0.5) is 0 Å². The van der Waals surface area contributed by atoms with E-state index < -0.39 is 0 Å². The largest absolute Gasteiger partial charge is 0.496 e. The van der Waals surface area contributed by atoms with Crippen LogP contribution in [0.2, 0.25) is 0 Å². The van der Waals surface area contributed by atoms with E-state index in [0.29, 0.717) is 18.2 Å². The van der Waals surface area contributed by atoms with Crippen molar-refractivity contribution in [1.29, 1.82) is 0 Å². The molecule has 1 N–H and O–H groups in total. The monoisotopic (exact) mass is 311 g/mol. The van der Waals surface area contributed by atoms with Gasteiger partial charge in [-0.15, -0.1) is 0 Å². The molecule has 1 fully saturated rings. The van der Waals surface area contributed by atoms with E-state index in [1.807, 2.05) is 29.2 Å². The SMILES string of the molecule is COc1ccccc1CN(C(=O)c1ccc(CO)cc1)C1CC1. The van der Waals surface area contributed by atoms with Crippen molar-refractivity contribution < 1.29 is 14.6 Å². The van der Waals surface area contributed by atoms with Gasteiger partial charge in [0.2, 0.25) is 0 Å². The number of rotatable bonds is 6. The molecule has 1 aliphatic carbocycles. The third-order valence-corrected chi connectivity index (χ3v) is 4.17. The smallest absolute Gasteiger partial charge is 0.254 e. The maximum atomic E-state index is 12.9. The second-order valence-corrected chi connectivity index (χ2v) is 5.83. The third kappa shape index (κ3) is 3.54. The van der Waals surface area contributed by atoms with Crippen LogP contribution in [0.3, 0.4) is 0 Å². The van der Waals surface area contributed by atoms with Gasteiger partial charge in [0.05, 0.1) is 13.7 Å². The molecule has 0 aromatic heterocycles. The van der Waals surface area contributed by atoms with Crippen LogP contribution in [0.15, 0.2) is 48.5 Å². The molecule has 0 unspecified atom stereocenters. The molecule has 2 aromatic rings. The van der Waals surface area contributed by atoms with Crippen LogP contribution in [0, 0.1) is 0 Å². The molecule has 4 heteroatoms. The van der Waals surface area contributed by atoms with E-state index in [-0.39, 0.29) is 12.5 Å². The molecule has 0 saturated heterocycles. The number of carbonyl (C=O) groups is 1. The van der Waals surface area contributed by atoms with E-state index in [2.05, 4.69) is 0 Å². The Morgan fingerprint density at radius 3 is 2.48 bits per heavy atom. The van der Waals surface area contributed by atoms with Gasteiger partial charge in [-0.1, -0.05) is 30.3 Å². The minimum atomic E-state index is -0.0119. The Morgan fingerprint density at radius 1 is 1.17 bits per heavy atom. The minimum absolute atomic E-state index is 0.0119. The highest BCUT2D eigenvalue weighted by atomic mass is 16.5. The van der Waals surface area contributed by atoms with Crippen LogP contribution in [0.5, 0.6) is 5.75 Å². The van der Waals surface area contributed by atoms with E-state index in [9.17, 15) is 4.79 Å². The first-order valence-corrected chi connectivity index (χ1v) is 7.85. The second-order valence-electron chi connectivity index (χ2n) is 5.83. The lowest BCUT2D eigenvalue weighted by Gasteiger charge is -2.23. The summed E-state index contributed by atoms with van der Waals surface area (Å²) in [4.78, 5) is 14.8. The van der Waals surface area contributed by atoms with E-state index in [0.717, 1.165) is 29.7 Å². The summed E-state index contributed by atoms with van der Waals surface area (Å²) in [6.45, 7) is 0.539. The van der Waals surface area contributed by atoms with Gasteiger partial charge in [-0.05, 0) is 36.6 Å². The molecular formula is C19H21NO3. The van der Waals surface area contributed by atoms with E-state index in [4.69, 9.17) is 9.84 Å². The molecule has 1 saturated carbocycles. The molecule has 1 aliphatic rings. The van der Waals surface area contributed by atoms with Crippen LogP contribution in [-0.4, -0.2) is 29.1 Å². The quantitative estimate of drug-likeness (QED) is 0.892. The Morgan fingerprint density at radius 2 is 1.87 bits per heavy atom. The van der Waals surface area contributed by atoms with Crippen molar-refractivity contribution in [3.05, 3.63) is 65.2 Å². The topological polar surface area (TPSA) is 49.8 Å². The highest BCUT2D eigenvalue weighted by Crippen LogP contribution is 2.31. The number of hydrogen-bond donors (Lipinski definition) is 1. The molecule has 23 heavy (non-hydrogen) atoms. The average molecular weight is 311 g/mol. The third-order valence-electron chi connectivity index (χ3n) is 4.17. The van der Waals surface area contributed by atoms with Gasteiger partial charge in [-0.25, -0.2) is 0 Å². The number of hydrogen-bond acceptors (Lipinski definition) is 3. The van der Waals surface area contributed by atoms with Gasteiger partial charge in [0.15, 0.2) is 0 Å². The minimum Gasteiger partial charge on any atom is -0.496 e. The van der Waals surface area contributed by atoms with Crippen molar-refractivity contribution in [2.75, 3.05) is 7.11 Å². The first-order valence-electron chi connectivity index (χ1n) is 7.85. The number of para-hydroxylation sites is 1. The molecule has 0 spiro atoms. The first kappa shape index (κ1) is 15.6. The van der Waals surface area contributed by atoms with Crippen molar-refractivity contribution in [3.8, 4) is 5.75 Å². The summed E-state index contributed by atoms with van der Waals surface area (Å²) in [5.74, 6) is 0.837. The zero-order valence-electron chi connectivity index (χ0n) is 13.2. The maximum Gasteiger partial charge on any atom is 0.254 e. The van der Waals surface area contributed by atoms with Crippen molar-refractivity contribution in [2.45, 2.75) is 32.0 Å². The van der Waals surface area contributed by atoms with Crippen molar-refractivity contribution in [3.63, 3.8) is 0 Å². The van der Waals surface area contributed by atoms with Gasteiger partial charge in [0.25, 0.3) is 5.91 Å². The molecule has 3 rings (SSSR count). The van der Waals surface area contributed by atoms with Gasteiger partial charge in [-0.2, -0.15) is 0 Å². The standard InChI is InChI=1S/C19H21NO3/c1-23-18-5-3-2-4-16(18)12-20(17-10-11-17)19(22)15-8-6-14(13-21)7-9-15/h2-9,17,21H,10-13H2,1H3. The highest BCUT2D eigenvalue weighted by molar-refractivity contribution is 5.94. The van der Waals surface area contributed by atoms with Crippen LogP contribution in [0.25, 0.3) is 0 Å². The number of aliphatic hydroxyl groups is 1. The molecule has 0 heterocycles. The lowest BCUT2D eigenvalue weighted by molar-refractivity contribution is 0.0728. The predicted octanol–water partition coefficient (Wildman–Crippen LogP) is 2.99. The maximum absolute atomic E-state index is 12.9. The average Bonchev–Trinajstić information content (AvgIpc) is 3.44. The van der Waals surface area contributed by atoms with Crippen LogP contribution in [0.1, 0.15) is 34.3 Å². The molecule has 0 bridgehead atoms. The fourth-order valence-electron chi connectivity index (χ4n) is 2.69. The van der Waals surface area contributed by atoms with Gasteiger partial charge in [-0.3, -0.25) is 4.79 Å². The molecule has 0 radical (unpaired) electrons. The molecular weight excluding hydrogens is 290 g/mol. The summed E-state index contributed by atoms with van der Waals surface area (Å²) in [6, 6.07) is 15.3. The number of nitrogens with zero attached hydrogens (tertiary/aromatic N) is 1. The lowest BCUT2D eigenvalue weighted by atomic mass is 10.1. The first-order chi connectivity index (χ1) is 11.2. The number of carbonyl (C=O) groups excluding carboxylic acids is 1. The molecule has 120 valence electrons. The summed E-state index contributed by atoms with van der Waals surface area (Å²) in [5.41, 5.74) is 2.48. The summed E-state index contributed by atoms with van der Waals surface area (Å²) in [7, 11) is 1.65. The molecule has 1 amide bonds. The zero-order valence-corrected chi connectivity index (χ0v) is 13.2. The predicted molar refractivity (Wildman–Crippen MR) is 88.3 cm³/mol. The number of benzene rings is 2.